The molecular formula is C26H24F3N7O4. The van der Waals surface area contributed by atoms with Crippen molar-refractivity contribution >= 4 is 40.2 Å². The van der Waals surface area contributed by atoms with Crippen molar-refractivity contribution < 1.29 is 32.7 Å². The molecule has 0 unspecified atom stereocenters. The number of carboxylic acids is 1. The van der Waals surface area contributed by atoms with E-state index >= 15 is 0 Å². The Morgan fingerprint density at radius 2 is 1.82 bits per heavy atom. The first-order chi connectivity index (χ1) is 18.9. The van der Waals surface area contributed by atoms with Gasteiger partial charge in [-0.05, 0) is 61.2 Å². The van der Waals surface area contributed by atoms with Crippen LogP contribution in [0.2, 0.25) is 0 Å². The quantitative estimate of drug-likeness (QED) is 0.317. The predicted molar refractivity (Wildman–Crippen MR) is 138 cm³/mol. The van der Waals surface area contributed by atoms with Crippen LogP contribution in [0.5, 0.6) is 0 Å². The number of hydrogen-bond donors (Lipinski definition) is 5. The van der Waals surface area contributed by atoms with Crippen LogP contribution in [0.4, 0.5) is 29.3 Å². The molecule has 40 heavy (non-hydrogen) atoms. The number of amides is 3. The number of nitrogens with zero attached hydrogens (tertiary/aromatic N) is 3. The Kier molecular flexibility index (Phi) is 9.32. The fraction of sp³-hybridized carbons (Fsp3) is 0.269. The van der Waals surface area contributed by atoms with Crippen LogP contribution < -0.4 is 16.4 Å². The number of aromatic amines is 1. The lowest BCUT2D eigenvalue weighted by Crippen LogP contribution is -2.46. The minimum atomic E-state index is -5.08. The summed E-state index contributed by atoms with van der Waals surface area (Å²) in [6.07, 6.45) is -1.48. The van der Waals surface area contributed by atoms with Gasteiger partial charge in [-0.2, -0.15) is 23.7 Å². The SMILES string of the molecule is N#Cc1cccc(NC(=O)Nc2ccc3[nH]cc(C[C@H](N)C(=O)N4CCC[C@H]4C#N)c3c2)c1.O=C(O)C(F)(F)F. The normalized spacial score (nSPS) is 15.2. The smallest absolute Gasteiger partial charge is 0.475 e. The summed E-state index contributed by atoms with van der Waals surface area (Å²) in [5.41, 5.74) is 9.45. The van der Waals surface area contributed by atoms with Crippen LogP contribution in [0.3, 0.4) is 0 Å². The summed E-state index contributed by atoms with van der Waals surface area (Å²) in [5, 5.41) is 31.7. The van der Waals surface area contributed by atoms with Crippen LogP contribution in [0.15, 0.2) is 48.7 Å². The van der Waals surface area contributed by atoms with Gasteiger partial charge in [-0.15, -0.1) is 0 Å². The second kappa shape index (κ2) is 12.6. The number of benzene rings is 2. The Balaban J connectivity index is 0.000000559. The zero-order chi connectivity index (χ0) is 29.4. The van der Waals surface area contributed by atoms with Crippen molar-refractivity contribution in [2.24, 2.45) is 5.73 Å². The number of anilines is 2. The second-order valence-electron chi connectivity index (χ2n) is 8.78. The van der Waals surface area contributed by atoms with E-state index in [1.165, 1.54) is 0 Å². The summed E-state index contributed by atoms with van der Waals surface area (Å²) >= 11 is 0. The molecule has 1 saturated heterocycles. The highest BCUT2D eigenvalue weighted by atomic mass is 19.4. The lowest BCUT2D eigenvalue weighted by atomic mass is 10.0. The molecule has 11 nitrogen and oxygen atoms in total. The average Bonchev–Trinajstić information content (AvgIpc) is 3.55. The van der Waals surface area contributed by atoms with E-state index in [1.54, 1.807) is 41.4 Å². The molecule has 14 heteroatoms. The van der Waals surface area contributed by atoms with Gasteiger partial charge in [0, 0.05) is 35.0 Å². The molecule has 2 heterocycles. The van der Waals surface area contributed by atoms with E-state index in [1.807, 2.05) is 18.2 Å². The number of hydrogen-bond acceptors (Lipinski definition) is 6. The molecule has 2 atom stereocenters. The molecule has 1 aromatic heterocycles. The summed E-state index contributed by atoms with van der Waals surface area (Å²) in [7, 11) is 0. The molecule has 1 aliphatic heterocycles. The van der Waals surface area contributed by atoms with Crippen molar-refractivity contribution in [3.05, 3.63) is 59.8 Å². The van der Waals surface area contributed by atoms with Crippen LogP contribution in [0.1, 0.15) is 24.0 Å². The van der Waals surface area contributed by atoms with Crippen molar-refractivity contribution in [2.45, 2.75) is 37.5 Å². The maximum atomic E-state index is 12.8. The van der Waals surface area contributed by atoms with Gasteiger partial charge in [0.15, 0.2) is 0 Å². The third-order valence-electron chi connectivity index (χ3n) is 5.96. The highest BCUT2D eigenvalue weighted by Crippen LogP contribution is 2.25. The molecule has 6 N–H and O–H groups in total. The van der Waals surface area contributed by atoms with Gasteiger partial charge < -0.3 is 31.4 Å². The molecule has 3 amide bonds. The monoisotopic (exact) mass is 555 g/mol. The number of alkyl halides is 3. The maximum Gasteiger partial charge on any atom is 0.490 e. The number of nitrogens with two attached hydrogens (primary N) is 1. The number of fused-ring (bicyclic) bond motifs is 1. The summed E-state index contributed by atoms with van der Waals surface area (Å²) in [6.45, 7) is 0.555. The number of urea groups is 1. The van der Waals surface area contributed by atoms with Crippen molar-refractivity contribution in [2.75, 3.05) is 17.2 Å². The third-order valence-corrected chi connectivity index (χ3v) is 5.96. The van der Waals surface area contributed by atoms with Crippen molar-refractivity contribution in [1.82, 2.24) is 9.88 Å². The molecule has 3 aromatic rings. The van der Waals surface area contributed by atoms with Gasteiger partial charge in [0.05, 0.1) is 23.7 Å². The maximum absolute atomic E-state index is 12.8. The van der Waals surface area contributed by atoms with Crippen LogP contribution in [-0.2, 0) is 16.0 Å². The lowest BCUT2D eigenvalue weighted by molar-refractivity contribution is -0.192. The first-order valence-electron chi connectivity index (χ1n) is 11.9. The highest BCUT2D eigenvalue weighted by molar-refractivity contribution is 6.01. The van der Waals surface area contributed by atoms with E-state index in [2.05, 4.69) is 21.7 Å². The summed E-state index contributed by atoms with van der Waals surface area (Å²) < 4.78 is 31.7. The fourth-order valence-corrected chi connectivity index (χ4v) is 4.09. The molecule has 0 saturated carbocycles. The Labute approximate surface area is 226 Å². The number of carboxylic acid groups (broad SMARTS) is 1. The number of rotatable bonds is 5. The van der Waals surface area contributed by atoms with E-state index in [9.17, 15) is 28.0 Å². The van der Waals surface area contributed by atoms with Gasteiger partial charge >= 0.3 is 18.2 Å². The number of aromatic nitrogens is 1. The van der Waals surface area contributed by atoms with Crippen LogP contribution >= 0.6 is 0 Å². The topological polar surface area (TPSA) is 188 Å². The molecule has 4 rings (SSSR count). The second-order valence-corrected chi connectivity index (χ2v) is 8.78. The van der Waals surface area contributed by atoms with Crippen molar-refractivity contribution in [3.63, 3.8) is 0 Å². The summed E-state index contributed by atoms with van der Waals surface area (Å²) in [5.74, 6) is -2.98. The summed E-state index contributed by atoms with van der Waals surface area (Å²) in [4.78, 5) is 38.8. The van der Waals surface area contributed by atoms with Gasteiger partial charge in [0.1, 0.15) is 6.04 Å². The summed E-state index contributed by atoms with van der Waals surface area (Å²) in [6, 6.07) is 14.6. The first-order valence-corrected chi connectivity index (χ1v) is 11.9. The molecule has 0 bridgehead atoms. The van der Waals surface area contributed by atoms with Crippen LogP contribution in [-0.4, -0.2) is 57.7 Å². The van der Waals surface area contributed by atoms with E-state index in [0.717, 1.165) is 22.9 Å². The van der Waals surface area contributed by atoms with E-state index < -0.39 is 30.3 Å². The zero-order valence-electron chi connectivity index (χ0n) is 20.8. The van der Waals surface area contributed by atoms with Gasteiger partial charge in [-0.3, -0.25) is 4.79 Å². The van der Waals surface area contributed by atoms with E-state index in [4.69, 9.17) is 20.9 Å². The van der Waals surface area contributed by atoms with Crippen molar-refractivity contribution in [1.29, 1.82) is 10.5 Å². The van der Waals surface area contributed by atoms with E-state index in [0.29, 0.717) is 36.3 Å². The van der Waals surface area contributed by atoms with Gasteiger partial charge in [-0.25, -0.2) is 9.59 Å². The van der Waals surface area contributed by atoms with Gasteiger partial charge in [0.2, 0.25) is 5.91 Å². The number of nitrogens with one attached hydrogen (secondary N) is 3. The zero-order valence-corrected chi connectivity index (χ0v) is 20.8. The molecule has 0 radical (unpaired) electrons. The largest absolute Gasteiger partial charge is 0.490 e. The highest BCUT2D eigenvalue weighted by Gasteiger charge is 2.38. The van der Waals surface area contributed by atoms with E-state index in [-0.39, 0.29) is 5.91 Å². The molecule has 1 fully saturated rings. The number of nitriles is 2. The van der Waals surface area contributed by atoms with Gasteiger partial charge in [0.25, 0.3) is 0 Å². The molecule has 0 aliphatic carbocycles. The molecule has 208 valence electrons. The number of halogens is 3. The number of aliphatic carboxylic acids is 1. The number of likely N-dealkylation sites (tertiary alicyclic amines) is 1. The van der Waals surface area contributed by atoms with Gasteiger partial charge in [-0.1, -0.05) is 6.07 Å². The number of carbonyl (C=O) groups excluding carboxylic acids is 2. The third kappa shape index (κ3) is 7.49. The average molecular weight is 556 g/mol. The van der Waals surface area contributed by atoms with Crippen molar-refractivity contribution in [3.8, 4) is 12.1 Å². The predicted octanol–water partition coefficient (Wildman–Crippen LogP) is 3.70. The number of carbonyl (C=O) groups is 3. The Bertz CT molecular complexity index is 1490. The standard InChI is InChI=1S/C24H23N7O2.C2HF3O2/c25-12-15-3-1-4-17(9-15)29-24(33)30-18-6-7-22-20(11-18)16(14-28-22)10-21(27)23(32)31-8-2-5-19(31)13-26;3-2(4,5)1(6)7/h1,3-4,6-7,9,11,14,19,21,28H,2,5,8,10,27H2,(H2,29,30,33);(H,6,7)/t19-,21-;/m0./s1. The minimum Gasteiger partial charge on any atom is -0.475 e. The Morgan fingerprint density at radius 3 is 2.45 bits per heavy atom. The van der Waals surface area contributed by atoms with Crippen LogP contribution in [0, 0.1) is 22.7 Å². The molecule has 0 spiro atoms. The number of H-pyrrole nitrogens is 1. The Hall–Kier alpha value is -5.08. The molecule has 1 aliphatic rings. The Morgan fingerprint density at radius 1 is 1.15 bits per heavy atom. The van der Waals surface area contributed by atoms with Crippen LogP contribution in [0.25, 0.3) is 10.9 Å². The molecule has 2 aromatic carbocycles. The fourth-order valence-electron chi connectivity index (χ4n) is 4.09. The first kappa shape index (κ1) is 29.5. The minimum absolute atomic E-state index is 0.221. The lowest BCUT2D eigenvalue weighted by Gasteiger charge is -2.23. The molecular weight excluding hydrogens is 531 g/mol.